The van der Waals surface area contributed by atoms with Crippen LogP contribution >= 0.6 is 0 Å². The third kappa shape index (κ3) is 5.74. The molecule has 0 unspecified atom stereocenters. The smallest absolute Gasteiger partial charge is 0.295 e. The Kier molecular flexibility index (Phi) is 8.21. The summed E-state index contributed by atoms with van der Waals surface area (Å²) in [5.41, 5.74) is 2.51. The molecule has 2 aliphatic rings. The van der Waals surface area contributed by atoms with E-state index in [-0.39, 0.29) is 11.3 Å². The van der Waals surface area contributed by atoms with Gasteiger partial charge in [-0.05, 0) is 49.6 Å². The standard InChI is InChI=1S/C28H34N2O5/c1-3-17-35-23-11-9-22(10-12-23)26(31)24-25(21-7-5-20(2)6-8-21)30(28(33)27(24)32)14-4-13-29-15-18-34-19-16-29/h5-12,25,31H,3-4,13-19H2,1-2H3/t25-/m0/s1. The van der Waals surface area contributed by atoms with E-state index in [1.165, 1.54) is 0 Å². The lowest BCUT2D eigenvalue weighted by molar-refractivity contribution is -0.140. The van der Waals surface area contributed by atoms with Crippen LogP contribution in [-0.2, 0) is 14.3 Å². The van der Waals surface area contributed by atoms with E-state index in [1.807, 2.05) is 38.1 Å². The minimum atomic E-state index is -0.647. The van der Waals surface area contributed by atoms with E-state index in [4.69, 9.17) is 9.47 Å². The minimum Gasteiger partial charge on any atom is -0.507 e. The predicted octanol–water partition coefficient (Wildman–Crippen LogP) is 3.93. The van der Waals surface area contributed by atoms with Crippen LogP contribution in [0.5, 0.6) is 5.75 Å². The molecule has 0 spiro atoms. The topological polar surface area (TPSA) is 79.3 Å². The van der Waals surface area contributed by atoms with E-state index in [0.717, 1.165) is 56.8 Å². The molecule has 4 rings (SSSR count). The van der Waals surface area contributed by atoms with Gasteiger partial charge in [0.25, 0.3) is 11.7 Å². The molecule has 0 bridgehead atoms. The average Bonchev–Trinajstić information content (AvgIpc) is 3.13. The Morgan fingerprint density at radius 2 is 1.71 bits per heavy atom. The highest BCUT2D eigenvalue weighted by molar-refractivity contribution is 6.46. The lowest BCUT2D eigenvalue weighted by Gasteiger charge is -2.29. The number of amides is 1. The molecule has 1 N–H and O–H groups in total. The monoisotopic (exact) mass is 478 g/mol. The van der Waals surface area contributed by atoms with Gasteiger partial charge in [0.15, 0.2) is 0 Å². The SMILES string of the molecule is CCCOc1ccc(C(O)=C2C(=O)C(=O)N(CCCN3CCOCC3)[C@H]2c2ccc(C)cc2)cc1. The maximum absolute atomic E-state index is 13.2. The molecule has 2 heterocycles. The van der Waals surface area contributed by atoms with Gasteiger partial charge in [-0.3, -0.25) is 14.5 Å². The Bertz CT molecular complexity index is 1060. The van der Waals surface area contributed by atoms with Crippen LogP contribution in [0.1, 0.15) is 42.5 Å². The van der Waals surface area contributed by atoms with E-state index in [9.17, 15) is 14.7 Å². The van der Waals surface area contributed by atoms with Gasteiger partial charge in [-0.15, -0.1) is 0 Å². The number of nitrogens with zero attached hydrogens (tertiary/aromatic N) is 2. The summed E-state index contributed by atoms with van der Waals surface area (Å²) >= 11 is 0. The van der Waals surface area contributed by atoms with Crippen LogP contribution in [0, 0.1) is 6.92 Å². The maximum atomic E-state index is 13.2. The number of rotatable bonds is 9. The van der Waals surface area contributed by atoms with Gasteiger partial charge >= 0.3 is 0 Å². The molecule has 1 amide bonds. The summed E-state index contributed by atoms with van der Waals surface area (Å²) in [5, 5.41) is 11.2. The number of aryl methyl sites for hydroxylation is 1. The molecule has 35 heavy (non-hydrogen) atoms. The number of carbonyl (C=O) groups is 2. The van der Waals surface area contributed by atoms with Gasteiger partial charge < -0.3 is 19.5 Å². The van der Waals surface area contributed by atoms with Gasteiger partial charge in [-0.25, -0.2) is 0 Å². The first-order valence-electron chi connectivity index (χ1n) is 12.4. The van der Waals surface area contributed by atoms with Crippen molar-refractivity contribution in [3.8, 4) is 5.75 Å². The van der Waals surface area contributed by atoms with Crippen molar-refractivity contribution in [3.05, 3.63) is 70.8 Å². The molecule has 186 valence electrons. The molecule has 2 aromatic carbocycles. The number of hydrogen-bond acceptors (Lipinski definition) is 6. The molecular formula is C28H34N2O5. The lowest BCUT2D eigenvalue weighted by Crippen LogP contribution is -2.38. The summed E-state index contributed by atoms with van der Waals surface area (Å²) < 4.78 is 11.0. The van der Waals surface area contributed by atoms with Gasteiger partial charge in [0.1, 0.15) is 11.5 Å². The van der Waals surface area contributed by atoms with E-state index in [0.29, 0.717) is 24.5 Å². The zero-order valence-electron chi connectivity index (χ0n) is 20.5. The molecule has 2 fully saturated rings. The maximum Gasteiger partial charge on any atom is 0.295 e. The van der Waals surface area contributed by atoms with Crippen molar-refractivity contribution in [3.63, 3.8) is 0 Å². The Hall–Kier alpha value is -3.16. The summed E-state index contributed by atoms with van der Waals surface area (Å²) in [5.74, 6) is -0.679. The number of likely N-dealkylation sites (tertiary alicyclic amines) is 1. The van der Waals surface area contributed by atoms with Gasteiger partial charge in [-0.1, -0.05) is 36.8 Å². The quantitative estimate of drug-likeness (QED) is 0.334. The summed E-state index contributed by atoms with van der Waals surface area (Å²) in [6.45, 7) is 9.07. The Morgan fingerprint density at radius 1 is 1.03 bits per heavy atom. The van der Waals surface area contributed by atoms with Crippen LogP contribution in [0.15, 0.2) is 54.1 Å². The average molecular weight is 479 g/mol. The normalized spacial score (nSPS) is 20.4. The van der Waals surface area contributed by atoms with Crippen molar-refractivity contribution >= 4 is 17.4 Å². The lowest BCUT2D eigenvalue weighted by atomic mass is 9.94. The fourth-order valence-electron chi connectivity index (χ4n) is 4.58. The first-order chi connectivity index (χ1) is 17.0. The summed E-state index contributed by atoms with van der Waals surface area (Å²) in [6, 6.07) is 14.1. The van der Waals surface area contributed by atoms with Gasteiger partial charge in [0, 0.05) is 31.7 Å². The second kappa shape index (κ2) is 11.5. The van der Waals surface area contributed by atoms with Gasteiger partial charge in [-0.2, -0.15) is 0 Å². The molecule has 7 nitrogen and oxygen atoms in total. The van der Waals surface area contributed by atoms with Crippen LogP contribution in [0.3, 0.4) is 0 Å². The molecule has 7 heteroatoms. The highest BCUT2D eigenvalue weighted by Gasteiger charge is 2.45. The third-order valence-electron chi connectivity index (χ3n) is 6.51. The second-order valence-corrected chi connectivity index (χ2v) is 9.08. The number of benzene rings is 2. The zero-order chi connectivity index (χ0) is 24.8. The Labute approximate surface area is 206 Å². The van der Waals surface area contributed by atoms with E-state index in [2.05, 4.69) is 4.90 Å². The number of ketones is 1. The van der Waals surface area contributed by atoms with Gasteiger partial charge in [0.2, 0.25) is 0 Å². The van der Waals surface area contributed by atoms with Crippen LogP contribution in [0.4, 0.5) is 0 Å². The zero-order valence-corrected chi connectivity index (χ0v) is 20.5. The van der Waals surface area contributed by atoms with Gasteiger partial charge in [0.05, 0.1) is 31.4 Å². The molecule has 0 radical (unpaired) electrons. The summed E-state index contributed by atoms with van der Waals surface area (Å²) in [4.78, 5) is 30.2. The minimum absolute atomic E-state index is 0.132. The number of hydrogen-bond donors (Lipinski definition) is 1. The van der Waals surface area contributed by atoms with Crippen molar-refractivity contribution in [2.75, 3.05) is 46.0 Å². The Morgan fingerprint density at radius 3 is 2.37 bits per heavy atom. The van der Waals surface area contributed by atoms with Crippen molar-refractivity contribution in [1.82, 2.24) is 9.80 Å². The molecular weight excluding hydrogens is 444 g/mol. The van der Waals surface area contributed by atoms with Crippen LogP contribution in [0.2, 0.25) is 0 Å². The van der Waals surface area contributed by atoms with E-state index < -0.39 is 17.7 Å². The van der Waals surface area contributed by atoms with Crippen molar-refractivity contribution < 1.29 is 24.2 Å². The summed E-state index contributed by atoms with van der Waals surface area (Å²) in [6.07, 6.45) is 1.63. The second-order valence-electron chi connectivity index (χ2n) is 9.08. The first-order valence-corrected chi connectivity index (χ1v) is 12.4. The fraction of sp³-hybridized carbons (Fsp3) is 0.429. The molecule has 2 aliphatic heterocycles. The number of carbonyl (C=O) groups excluding carboxylic acids is 2. The van der Waals surface area contributed by atoms with Crippen molar-refractivity contribution in [2.24, 2.45) is 0 Å². The van der Waals surface area contributed by atoms with Crippen LogP contribution in [-0.4, -0.2) is 72.6 Å². The van der Waals surface area contributed by atoms with E-state index >= 15 is 0 Å². The molecule has 2 aromatic rings. The van der Waals surface area contributed by atoms with Crippen molar-refractivity contribution in [2.45, 2.75) is 32.7 Å². The third-order valence-corrected chi connectivity index (χ3v) is 6.51. The predicted molar refractivity (Wildman–Crippen MR) is 134 cm³/mol. The number of aliphatic hydroxyl groups excluding tert-OH is 1. The molecule has 0 aliphatic carbocycles. The van der Waals surface area contributed by atoms with Crippen molar-refractivity contribution in [1.29, 1.82) is 0 Å². The number of aliphatic hydroxyl groups is 1. The number of Topliss-reactive ketones (excluding diaryl/α,β-unsaturated/α-hetero) is 1. The number of ether oxygens (including phenoxy) is 2. The largest absolute Gasteiger partial charge is 0.507 e. The number of morpholine rings is 1. The summed E-state index contributed by atoms with van der Waals surface area (Å²) in [7, 11) is 0. The molecule has 0 aromatic heterocycles. The highest BCUT2D eigenvalue weighted by Crippen LogP contribution is 2.39. The molecule has 2 saturated heterocycles. The first kappa shape index (κ1) is 24.9. The van der Waals surface area contributed by atoms with E-state index in [1.54, 1.807) is 29.2 Å². The van der Waals surface area contributed by atoms with Crippen LogP contribution < -0.4 is 4.74 Å². The van der Waals surface area contributed by atoms with Crippen LogP contribution in [0.25, 0.3) is 5.76 Å². The molecule has 1 atom stereocenters. The molecule has 0 saturated carbocycles. The highest BCUT2D eigenvalue weighted by atomic mass is 16.5. The Balaban J connectivity index is 1.63. The fourth-order valence-corrected chi connectivity index (χ4v) is 4.58.